The zero-order chi connectivity index (χ0) is 31.3. The predicted octanol–water partition coefficient (Wildman–Crippen LogP) is 5.01. The molecule has 0 spiro atoms. The number of rotatable bonds is 18. The lowest BCUT2D eigenvalue weighted by Gasteiger charge is -2.10. The zero-order valence-corrected chi connectivity index (χ0v) is 26.6. The highest BCUT2D eigenvalue weighted by atomic mass is 16.5. The predicted molar refractivity (Wildman–Crippen MR) is 177 cm³/mol. The molecule has 0 amide bonds. The molecule has 0 radical (unpaired) electrons. The average molecular weight is 609 g/mol. The van der Waals surface area contributed by atoms with Crippen LogP contribution in [0.3, 0.4) is 0 Å². The summed E-state index contributed by atoms with van der Waals surface area (Å²) in [5.74, 6) is 1.82. The Bertz CT molecular complexity index is 1560. The summed E-state index contributed by atoms with van der Waals surface area (Å²) in [5.41, 5.74) is 6.21. The van der Waals surface area contributed by atoms with Crippen molar-refractivity contribution in [1.82, 2.24) is 40.2 Å². The van der Waals surface area contributed by atoms with E-state index >= 15 is 0 Å². The minimum atomic E-state index is 0.716. The third-order valence-electron chi connectivity index (χ3n) is 7.52. The van der Waals surface area contributed by atoms with Crippen LogP contribution in [-0.4, -0.2) is 82.3 Å². The van der Waals surface area contributed by atoms with Gasteiger partial charge in [-0.15, -0.1) is 10.2 Å². The van der Waals surface area contributed by atoms with Gasteiger partial charge in [-0.3, -0.25) is 9.36 Å². The Hall–Kier alpha value is -4.54. The van der Waals surface area contributed by atoms with E-state index in [4.69, 9.17) is 9.47 Å². The normalized spacial score (nSPS) is 11.3. The number of benzene rings is 3. The smallest absolute Gasteiger partial charge is 0.119 e. The Labute approximate surface area is 266 Å². The van der Waals surface area contributed by atoms with Gasteiger partial charge in [0.15, 0.2) is 0 Å². The molecule has 2 heterocycles. The summed E-state index contributed by atoms with van der Waals surface area (Å²) in [5, 5.41) is 20.6. The first-order valence-corrected chi connectivity index (χ1v) is 15.7. The van der Waals surface area contributed by atoms with E-state index < -0.39 is 0 Å². The van der Waals surface area contributed by atoms with Crippen molar-refractivity contribution < 1.29 is 9.47 Å². The van der Waals surface area contributed by atoms with Crippen molar-refractivity contribution in [2.45, 2.75) is 38.8 Å². The summed E-state index contributed by atoms with van der Waals surface area (Å²) in [4.78, 5) is 2.17. The number of hydrogen-bond donors (Lipinski definition) is 1. The van der Waals surface area contributed by atoms with Crippen molar-refractivity contribution in [2.24, 2.45) is 0 Å². The molecule has 0 aliphatic carbocycles. The summed E-state index contributed by atoms with van der Waals surface area (Å²) in [6.07, 6.45) is 7.73. The largest absolute Gasteiger partial charge is 0.494 e. The third kappa shape index (κ3) is 9.99. The maximum atomic E-state index is 5.84. The maximum absolute atomic E-state index is 5.84. The molecule has 45 heavy (non-hydrogen) atoms. The molecular formula is C35H44N8O2. The van der Waals surface area contributed by atoms with Gasteiger partial charge >= 0.3 is 0 Å². The van der Waals surface area contributed by atoms with Gasteiger partial charge in [-0.25, -0.2) is 0 Å². The minimum Gasteiger partial charge on any atom is -0.494 e. The number of nitrogens with one attached hydrogen (secondary N) is 1. The summed E-state index contributed by atoms with van der Waals surface area (Å²) >= 11 is 0. The average Bonchev–Trinajstić information content (AvgIpc) is 3.75. The molecule has 0 unspecified atom stereocenters. The first-order chi connectivity index (χ1) is 22.1. The third-order valence-corrected chi connectivity index (χ3v) is 7.52. The zero-order valence-electron chi connectivity index (χ0n) is 26.6. The molecule has 0 bridgehead atoms. The Balaban J connectivity index is 1.07. The summed E-state index contributed by atoms with van der Waals surface area (Å²) in [6.45, 7) is 4.93. The standard InChI is InChI=1S/C35H44N8O2/c1-36-20-4-24-44-32-14-6-28(7-15-32)18-22-42-26-34(37-39-42)30-10-12-31(13-11-30)35-27-43(40-38-35)23-19-29-8-16-33(17-9-29)45-25-5-21-41(2)3/h6-17,26-27,36H,4-5,18-25H2,1-3H3. The van der Waals surface area contributed by atoms with E-state index in [0.717, 1.165) is 92.5 Å². The first kappa shape index (κ1) is 31.9. The molecule has 10 heteroatoms. The van der Waals surface area contributed by atoms with Crippen molar-refractivity contribution in [1.29, 1.82) is 0 Å². The van der Waals surface area contributed by atoms with E-state index in [9.17, 15) is 0 Å². The van der Waals surface area contributed by atoms with E-state index in [1.54, 1.807) is 0 Å². The summed E-state index contributed by atoms with van der Waals surface area (Å²) < 4.78 is 15.4. The highest BCUT2D eigenvalue weighted by Crippen LogP contribution is 2.23. The van der Waals surface area contributed by atoms with E-state index in [-0.39, 0.29) is 0 Å². The molecule has 0 atom stereocenters. The van der Waals surface area contributed by atoms with E-state index in [2.05, 4.69) is 93.5 Å². The molecule has 0 saturated carbocycles. The molecule has 2 aromatic heterocycles. The van der Waals surface area contributed by atoms with Crippen molar-refractivity contribution in [3.63, 3.8) is 0 Å². The van der Waals surface area contributed by atoms with Crippen molar-refractivity contribution in [3.05, 3.63) is 96.3 Å². The van der Waals surface area contributed by atoms with Crippen LogP contribution in [0.2, 0.25) is 0 Å². The van der Waals surface area contributed by atoms with Gasteiger partial charge in [0.1, 0.15) is 22.9 Å². The van der Waals surface area contributed by atoms with Crippen LogP contribution in [-0.2, 0) is 25.9 Å². The number of nitrogens with zero attached hydrogens (tertiary/aromatic N) is 7. The van der Waals surface area contributed by atoms with Crippen molar-refractivity contribution >= 4 is 0 Å². The second-order valence-electron chi connectivity index (χ2n) is 11.4. The Kier molecular flexibility index (Phi) is 11.7. The van der Waals surface area contributed by atoms with Crippen LogP contribution in [0.5, 0.6) is 11.5 Å². The molecule has 0 aliphatic rings. The van der Waals surface area contributed by atoms with Gasteiger partial charge in [0, 0.05) is 30.8 Å². The van der Waals surface area contributed by atoms with Gasteiger partial charge in [0.25, 0.3) is 0 Å². The first-order valence-electron chi connectivity index (χ1n) is 15.7. The molecule has 5 rings (SSSR count). The molecule has 0 saturated heterocycles. The fourth-order valence-electron chi connectivity index (χ4n) is 4.89. The van der Waals surface area contributed by atoms with Crippen LogP contribution in [0.15, 0.2) is 85.2 Å². The number of hydrogen-bond acceptors (Lipinski definition) is 8. The summed E-state index contributed by atoms with van der Waals surface area (Å²) in [6, 6.07) is 24.8. The molecular weight excluding hydrogens is 564 g/mol. The van der Waals surface area contributed by atoms with Gasteiger partial charge in [-0.1, -0.05) is 59.0 Å². The molecule has 0 aliphatic heterocycles. The molecule has 3 aromatic carbocycles. The number of aryl methyl sites for hydroxylation is 4. The van der Waals surface area contributed by atoms with Crippen LogP contribution >= 0.6 is 0 Å². The van der Waals surface area contributed by atoms with Crippen LogP contribution in [0.1, 0.15) is 24.0 Å². The lowest BCUT2D eigenvalue weighted by Crippen LogP contribution is -2.15. The second-order valence-corrected chi connectivity index (χ2v) is 11.4. The lowest BCUT2D eigenvalue weighted by atomic mass is 10.1. The van der Waals surface area contributed by atoms with E-state index in [0.29, 0.717) is 6.61 Å². The monoisotopic (exact) mass is 608 g/mol. The SMILES string of the molecule is CNCCCOc1ccc(CCn2cc(-c3ccc(-c4cn(CCc5ccc(OCCCN(C)C)cc5)nn4)cc3)nn2)cc1. The van der Waals surface area contributed by atoms with Crippen LogP contribution < -0.4 is 14.8 Å². The second kappa shape index (κ2) is 16.5. The molecule has 0 fully saturated rings. The minimum absolute atomic E-state index is 0.716. The Morgan fingerprint density at radius 2 is 1.11 bits per heavy atom. The van der Waals surface area contributed by atoms with Gasteiger partial charge in [0.2, 0.25) is 0 Å². The molecule has 236 valence electrons. The Morgan fingerprint density at radius 3 is 1.56 bits per heavy atom. The topological polar surface area (TPSA) is 95.2 Å². The quantitative estimate of drug-likeness (QED) is 0.139. The highest BCUT2D eigenvalue weighted by Gasteiger charge is 2.08. The molecule has 1 N–H and O–H groups in total. The van der Waals surface area contributed by atoms with E-state index in [1.807, 2.05) is 53.1 Å². The maximum Gasteiger partial charge on any atom is 0.119 e. The highest BCUT2D eigenvalue weighted by molar-refractivity contribution is 5.65. The van der Waals surface area contributed by atoms with E-state index in [1.165, 1.54) is 11.1 Å². The van der Waals surface area contributed by atoms with Crippen molar-refractivity contribution in [3.8, 4) is 34.0 Å². The van der Waals surface area contributed by atoms with Gasteiger partial charge in [0.05, 0.1) is 25.6 Å². The fraction of sp³-hybridized carbons (Fsp3) is 0.371. The summed E-state index contributed by atoms with van der Waals surface area (Å²) in [7, 11) is 6.10. The van der Waals surface area contributed by atoms with Gasteiger partial charge < -0.3 is 19.7 Å². The Morgan fingerprint density at radius 1 is 0.644 bits per heavy atom. The number of ether oxygens (including phenoxy) is 2. The fourth-order valence-corrected chi connectivity index (χ4v) is 4.89. The van der Waals surface area contributed by atoms with Gasteiger partial charge in [-0.05, 0) is 88.8 Å². The van der Waals surface area contributed by atoms with Gasteiger partial charge in [-0.2, -0.15) is 0 Å². The van der Waals surface area contributed by atoms with Crippen molar-refractivity contribution in [2.75, 3.05) is 47.4 Å². The molecule has 5 aromatic rings. The van der Waals surface area contributed by atoms with Crippen LogP contribution in [0, 0.1) is 0 Å². The molecule has 10 nitrogen and oxygen atoms in total. The van der Waals surface area contributed by atoms with Crippen LogP contribution in [0.4, 0.5) is 0 Å². The van der Waals surface area contributed by atoms with Crippen LogP contribution in [0.25, 0.3) is 22.5 Å². The lowest BCUT2D eigenvalue weighted by molar-refractivity contribution is 0.281. The number of aromatic nitrogens is 6.